The Labute approximate surface area is 299 Å². The minimum atomic E-state index is -1.32. The molecule has 0 aromatic rings. The number of carbonyl (C=O) groups is 4. The van der Waals surface area contributed by atoms with E-state index < -0.39 is 48.0 Å². The number of carbonyl (C=O) groups excluding carboxylic acids is 2. The molecule has 0 aliphatic rings. The molecule has 45 heavy (non-hydrogen) atoms. The number of carboxylic acids is 4. The minimum Gasteiger partial charge on any atom is -0.544 e. The van der Waals surface area contributed by atoms with Gasteiger partial charge in [-0.15, -0.1) is 0 Å². The van der Waals surface area contributed by atoms with Crippen LogP contribution in [0.1, 0.15) is 106 Å². The van der Waals surface area contributed by atoms with Crippen molar-refractivity contribution < 1.29 is 58.8 Å². The van der Waals surface area contributed by atoms with Gasteiger partial charge in [-0.3, -0.25) is 8.97 Å². The number of aliphatic hydroxyl groups is 2. The number of allylic oxidation sites excluding steroid dienone is 2. The first-order valence-electron chi connectivity index (χ1n) is 15.8. The molecule has 0 bridgehead atoms. The van der Waals surface area contributed by atoms with Gasteiger partial charge in [0.1, 0.15) is 25.2 Å². The summed E-state index contributed by atoms with van der Waals surface area (Å²) in [6.45, 7) is 9.45. The van der Waals surface area contributed by atoms with E-state index in [0.717, 1.165) is 64.2 Å². The van der Waals surface area contributed by atoms with Crippen LogP contribution in [0.5, 0.6) is 0 Å². The summed E-state index contributed by atoms with van der Waals surface area (Å²) in [7, 11) is 0. The maximum atomic E-state index is 11.4. The number of hydrogen-bond acceptors (Lipinski definition) is 8. The topological polar surface area (TPSA) is 195 Å². The fourth-order valence-corrected chi connectivity index (χ4v) is 5.18. The van der Waals surface area contributed by atoms with Gasteiger partial charge in [0.05, 0.1) is 37.6 Å². The van der Waals surface area contributed by atoms with E-state index in [1.165, 1.54) is 27.7 Å². The van der Waals surface area contributed by atoms with Crippen molar-refractivity contribution in [3.63, 3.8) is 0 Å². The van der Waals surface area contributed by atoms with Gasteiger partial charge in [0.2, 0.25) is 0 Å². The summed E-state index contributed by atoms with van der Waals surface area (Å²) in [5.41, 5.74) is 0. The van der Waals surface area contributed by atoms with E-state index in [0.29, 0.717) is 0 Å². The molecule has 0 aromatic heterocycles. The number of hydrogen-bond donors (Lipinski definition) is 4. The molecule has 13 heteroatoms. The largest absolute Gasteiger partial charge is 2.00 e. The number of quaternary nitrogens is 2. The third-order valence-corrected chi connectivity index (χ3v) is 8.47. The first-order valence-corrected chi connectivity index (χ1v) is 15.8. The van der Waals surface area contributed by atoms with Gasteiger partial charge in [0.25, 0.3) is 0 Å². The van der Waals surface area contributed by atoms with Gasteiger partial charge in [-0.25, -0.2) is 9.59 Å². The predicted octanol–water partition coefficient (Wildman–Crippen LogP) is 1.40. The van der Waals surface area contributed by atoms with Crippen molar-refractivity contribution in [3.8, 4) is 0 Å². The Hall–Kier alpha value is -1.54. The van der Waals surface area contributed by atoms with Gasteiger partial charge < -0.3 is 40.2 Å². The van der Waals surface area contributed by atoms with Crippen LogP contribution >= 0.6 is 0 Å². The molecule has 256 valence electrons. The van der Waals surface area contributed by atoms with Crippen LogP contribution < -0.4 is 10.2 Å². The Balaban J connectivity index is -0.000000767. The van der Waals surface area contributed by atoms with Crippen molar-refractivity contribution in [2.45, 2.75) is 130 Å². The van der Waals surface area contributed by atoms with Crippen LogP contribution in [0.15, 0.2) is 24.6 Å². The molecule has 12 nitrogen and oxygen atoms in total. The first-order chi connectivity index (χ1) is 20.7. The zero-order chi connectivity index (χ0) is 34.3. The molecule has 0 amide bonds. The second-order valence-corrected chi connectivity index (χ2v) is 11.4. The summed E-state index contributed by atoms with van der Waals surface area (Å²) in [6.07, 6.45) is 17.1. The van der Waals surface area contributed by atoms with E-state index >= 15 is 0 Å². The number of carboxylic acid groups (broad SMARTS) is 4. The summed E-state index contributed by atoms with van der Waals surface area (Å²) < 4.78 is -0.691. The molecule has 0 heterocycles. The number of aliphatic carboxylic acids is 4. The summed E-state index contributed by atoms with van der Waals surface area (Å²) >= 11 is 0. The monoisotopic (exact) mass is 670 g/mol. The van der Waals surface area contributed by atoms with Crippen LogP contribution in [0, 0.1) is 0 Å². The Kier molecular flexibility index (Phi) is 28.2. The van der Waals surface area contributed by atoms with Gasteiger partial charge in [-0.05, 0) is 65.5 Å². The summed E-state index contributed by atoms with van der Waals surface area (Å²) in [6, 6.07) is -4.06. The van der Waals surface area contributed by atoms with E-state index in [1.54, 1.807) is 12.4 Å². The van der Waals surface area contributed by atoms with Crippen LogP contribution in [0.3, 0.4) is 0 Å². The third kappa shape index (κ3) is 16.7. The molecule has 6 atom stereocenters. The molecular weight excluding hydrogens is 612 g/mol. The molecule has 0 aliphatic carbocycles. The number of nitrogens with zero attached hydrogens (tertiary/aromatic N) is 2. The molecule has 6 unspecified atom stereocenters. The Morgan fingerprint density at radius 3 is 1.13 bits per heavy atom. The van der Waals surface area contributed by atoms with E-state index in [-0.39, 0.29) is 73.0 Å². The standard InChI is InChI=1S/2C16H29NO5.Ca/c2*1-4-5-6-7-8-9-10-17(11-12-18,13(2)15(19)20)14(3)16(21)22;/h2*9-10,13-14,18H,4-8,11-12H2,1-3H3,(H-,19,20,21,22);/q;;+2/b2*10-9+;. The molecule has 0 aromatic carbocycles. The molecule has 0 saturated carbocycles. The predicted molar refractivity (Wildman–Crippen MR) is 169 cm³/mol. The Bertz CT molecular complexity index is 800. The normalized spacial score (nSPS) is 16.7. The van der Waals surface area contributed by atoms with Crippen LogP contribution in [-0.2, 0) is 19.2 Å². The van der Waals surface area contributed by atoms with Gasteiger partial charge in [0.15, 0.2) is 12.1 Å². The molecule has 0 rings (SSSR count). The van der Waals surface area contributed by atoms with Gasteiger partial charge >= 0.3 is 49.7 Å². The van der Waals surface area contributed by atoms with E-state index in [9.17, 15) is 49.8 Å². The van der Waals surface area contributed by atoms with Crippen LogP contribution in [0.25, 0.3) is 0 Å². The van der Waals surface area contributed by atoms with Gasteiger partial charge in [0, 0.05) is 0 Å². The molecule has 0 saturated heterocycles. The summed E-state index contributed by atoms with van der Waals surface area (Å²) in [5.74, 6) is -4.84. The maximum Gasteiger partial charge on any atom is 2.00 e. The number of rotatable bonds is 24. The van der Waals surface area contributed by atoms with E-state index in [1.807, 2.05) is 12.2 Å². The quantitative estimate of drug-likeness (QED) is 0.0662. The van der Waals surface area contributed by atoms with Gasteiger partial charge in [-0.1, -0.05) is 52.4 Å². The molecule has 0 radical (unpaired) electrons. The fourth-order valence-electron chi connectivity index (χ4n) is 5.18. The Morgan fingerprint density at radius 1 is 0.600 bits per heavy atom. The molecule has 4 N–H and O–H groups in total. The number of aliphatic hydroxyl groups excluding tert-OH is 2. The van der Waals surface area contributed by atoms with Crippen LogP contribution in [0.2, 0.25) is 0 Å². The molecule has 0 aliphatic heterocycles. The zero-order valence-corrected chi connectivity index (χ0v) is 30.6. The van der Waals surface area contributed by atoms with Crippen molar-refractivity contribution in [2.24, 2.45) is 0 Å². The Morgan fingerprint density at radius 2 is 0.911 bits per heavy atom. The van der Waals surface area contributed by atoms with Crippen LogP contribution in [0.4, 0.5) is 0 Å². The zero-order valence-electron chi connectivity index (χ0n) is 28.4. The maximum absolute atomic E-state index is 11.4. The van der Waals surface area contributed by atoms with Gasteiger partial charge in [-0.2, -0.15) is 0 Å². The summed E-state index contributed by atoms with van der Waals surface area (Å²) in [5, 5.41) is 59.7. The molecule has 0 fully saturated rings. The SMILES string of the molecule is CCCCCC/C=C/[N+](CCO)(C(C)C(=O)[O-])C(C)C(=O)O.CCCCCC/C=C/[N+](CCO)(C(C)C(=O)[O-])C(C)C(=O)O.[Ca+2]. The molecular formula is C32H58CaN2O10+2. The number of unbranched alkanes of at least 4 members (excludes halogenated alkanes) is 8. The van der Waals surface area contributed by atoms with Crippen molar-refractivity contribution in [1.29, 1.82) is 0 Å². The first kappa shape index (κ1) is 47.9. The minimum absolute atomic E-state index is 0. The summed E-state index contributed by atoms with van der Waals surface area (Å²) in [4.78, 5) is 45.3. The average molecular weight is 671 g/mol. The van der Waals surface area contributed by atoms with Crippen molar-refractivity contribution >= 4 is 61.6 Å². The van der Waals surface area contributed by atoms with E-state index in [4.69, 9.17) is 0 Å². The van der Waals surface area contributed by atoms with Crippen molar-refractivity contribution in [2.75, 3.05) is 26.3 Å². The third-order valence-electron chi connectivity index (χ3n) is 8.47. The van der Waals surface area contributed by atoms with Crippen molar-refractivity contribution in [3.05, 3.63) is 24.6 Å². The van der Waals surface area contributed by atoms with Crippen molar-refractivity contribution in [1.82, 2.24) is 0 Å². The smallest absolute Gasteiger partial charge is 0.544 e. The second kappa shape index (κ2) is 26.5. The van der Waals surface area contributed by atoms with E-state index in [2.05, 4.69) is 13.8 Å². The second-order valence-electron chi connectivity index (χ2n) is 11.4. The average Bonchev–Trinajstić information content (AvgIpc) is 2.98. The molecule has 0 spiro atoms. The fraction of sp³-hybridized carbons (Fsp3) is 0.750. The van der Waals surface area contributed by atoms with Crippen LogP contribution in [-0.4, -0.2) is 141 Å².